The SMILES string of the molecule is CON(C)C(=O)c1ccc(CNC(=O)OCc2cccs2)cc1. The molecule has 1 N–H and O–H groups in total. The van der Waals surface area contributed by atoms with E-state index in [0.717, 1.165) is 15.5 Å². The number of rotatable bonds is 6. The lowest BCUT2D eigenvalue weighted by atomic mass is 10.1. The van der Waals surface area contributed by atoms with Crippen molar-refractivity contribution in [2.45, 2.75) is 13.2 Å². The van der Waals surface area contributed by atoms with Crippen LogP contribution in [0.4, 0.5) is 4.79 Å². The summed E-state index contributed by atoms with van der Waals surface area (Å²) in [6, 6.07) is 10.7. The van der Waals surface area contributed by atoms with E-state index in [0.29, 0.717) is 12.1 Å². The molecular formula is C16H18N2O4S. The smallest absolute Gasteiger partial charge is 0.407 e. The van der Waals surface area contributed by atoms with Gasteiger partial charge in [-0.3, -0.25) is 9.63 Å². The molecule has 1 aromatic heterocycles. The second-order valence-electron chi connectivity index (χ2n) is 4.69. The van der Waals surface area contributed by atoms with Crippen LogP contribution in [0.25, 0.3) is 0 Å². The zero-order chi connectivity index (χ0) is 16.7. The van der Waals surface area contributed by atoms with Gasteiger partial charge in [0, 0.05) is 24.0 Å². The third-order valence-electron chi connectivity index (χ3n) is 3.12. The number of carbonyl (C=O) groups excluding carboxylic acids is 2. The van der Waals surface area contributed by atoms with Crippen LogP contribution in [0.15, 0.2) is 41.8 Å². The Morgan fingerprint density at radius 1 is 1.22 bits per heavy atom. The van der Waals surface area contributed by atoms with Gasteiger partial charge >= 0.3 is 6.09 Å². The normalized spacial score (nSPS) is 10.2. The van der Waals surface area contributed by atoms with Gasteiger partial charge in [0.1, 0.15) is 6.61 Å². The van der Waals surface area contributed by atoms with Crippen molar-refractivity contribution in [3.63, 3.8) is 0 Å². The molecule has 0 aliphatic carbocycles. The van der Waals surface area contributed by atoms with Gasteiger partial charge in [-0.1, -0.05) is 18.2 Å². The van der Waals surface area contributed by atoms with Gasteiger partial charge in [0.05, 0.1) is 7.11 Å². The number of alkyl carbamates (subject to hydrolysis) is 1. The highest BCUT2D eigenvalue weighted by Crippen LogP contribution is 2.10. The average Bonchev–Trinajstić information content (AvgIpc) is 3.10. The molecule has 0 fully saturated rings. The van der Waals surface area contributed by atoms with E-state index in [2.05, 4.69) is 5.32 Å². The largest absolute Gasteiger partial charge is 0.444 e. The van der Waals surface area contributed by atoms with Crippen LogP contribution < -0.4 is 5.32 Å². The Balaban J connectivity index is 1.79. The monoisotopic (exact) mass is 334 g/mol. The summed E-state index contributed by atoms with van der Waals surface area (Å²) in [6.07, 6.45) is -0.474. The molecule has 0 aliphatic heterocycles. The minimum Gasteiger partial charge on any atom is -0.444 e. The molecule has 6 nitrogen and oxygen atoms in total. The number of amides is 2. The van der Waals surface area contributed by atoms with E-state index in [1.165, 1.54) is 18.4 Å². The van der Waals surface area contributed by atoms with Gasteiger partial charge in [-0.2, -0.15) is 0 Å². The minimum atomic E-state index is -0.474. The van der Waals surface area contributed by atoms with Crippen LogP contribution in [0.1, 0.15) is 20.8 Å². The molecule has 122 valence electrons. The summed E-state index contributed by atoms with van der Waals surface area (Å²) in [7, 11) is 2.97. The molecule has 1 heterocycles. The number of nitrogens with zero attached hydrogens (tertiary/aromatic N) is 1. The maximum absolute atomic E-state index is 11.9. The van der Waals surface area contributed by atoms with E-state index >= 15 is 0 Å². The minimum absolute atomic E-state index is 0.234. The first-order valence-corrected chi connectivity index (χ1v) is 7.82. The number of benzene rings is 1. The average molecular weight is 334 g/mol. The van der Waals surface area contributed by atoms with Crippen molar-refractivity contribution in [1.29, 1.82) is 0 Å². The van der Waals surface area contributed by atoms with Crippen molar-refractivity contribution < 1.29 is 19.2 Å². The van der Waals surface area contributed by atoms with Crippen molar-refractivity contribution >= 4 is 23.3 Å². The van der Waals surface area contributed by atoms with Crippen LogP contribution in [-0.2, 0) is 22.7 Å². The Labute approximate surface area is 138 Å². The van der Waals surface area contributed by atoms with Crippen LogP contribution in [-0.4, -0.2) is 31.2 Å². The highest BCUT2D eigenvalue weighted by Gasteiger charge is 2.11. The molecule has 0 spiro atoms. The van der Waals surface area contributed by atoms with Gasteiger partial charge < -0.3 is 10.1 Å². The first-order chi connectivity index (χ1) is 11.1. The summed E-state index contributed by atoms with van der Waals surface area (Å²) in [5, 5.41) is 5.75. The van der Waals surface area contributed by atoms with E-state index in [1.54, 1.807) is 31.3 Å². The van der Waals surface area contributed by atoms with Gasteiger partial charge in [0.2, 0.25) is 0 Å². The zero-order valence-corrected chi connectivity index (χ0v) is 13.8. The Morgan fingerprint density at radius 3 is 2.57 bits per heavy atom. The second-order valence-corrected chi connectivity index (χ2v) is 5.72. The second kappa shape index (κ2) is 8.30. The van der Waals surface area contributed by atoms with Crippen LogP contribution in [0.2, 0.25) is 0 Å². The predicted molar refractivity (Wildman–Crippen MR) is 86.9 cm³/mol. The summed E-state index contributed by atoms with van der Waals surface area (Å²) in [6.45, 7) is 0.595. The van der Waals surface area contributed by atoms with Crippen molar-refractivity contribution in [2.24, 2.45) is 0 Å². The van der Waals surface area contributed by atoms with Gasteiger partial charge in [0.15, 0.2) is 0 Å². The quantitative estimate of drug-likeness (QED) is 0.825. The van der Waals surface area contributed by atoms with Gasteiger partial charge in [-0.05, 0) is 29.1 Å². The molecule has 0 aliphatic rings. The van der Waals surface area contributed by atoms with Crippen LogP contribution in [0.3, 0.4) is 0 Å². The first kappa shape index (κ1) is 17.0. The third-order valence-corrected chi connectivity index (χ3v) is 3.97. The summed E-state index contributed by atoms with van der Waals surface area (Å²) in [4.78, 5) is 29.3. The molecular weight excluding hydrogens is 316 g/mol. The lowest BCUT2D eigenvalue weighted by Crippen LogP contribution is -2.25. The Morgan fingerprint density at radius 2 is 1.96 bits per heavy atom. The fraction of sp³-hybridized carbons (Fsp3) is 0.250. The molecule has 2 aromatic rings. The molecule has 7 heteroatoms. The van der Waals surface area contributed by atoms with E-state index in [1.807, 2.05) is 17.5 Å². The summed E-state index contributed by atoms with van der Waals surface area (Å²) in [5.74, 6) is -0.234. The molecule has 23 heavy (non-hydrogen) atoms. The van der Waals surface area contributed by atoms with Gasteiger partial charge in [-0.25, -0.2) is 9.86 Å². The maximum Gasteiger partial charge on any atom is 0.407 e. The van der Waals surface area contributed by atoms with Gasteiger partial charge in [0.25, 0.3) is 5.91 Å². The van der Waals surface area contributed by atoms with E-state index < -0.39 is 6.09 Å². The van der Waals surface area contributed by atoms with E-state index in [4.69, 9.17) is 9.57 Å². The number of hydroxylamine groups is 2. The fourth-order valence-corrected chi connectivity index (χ4v) is 2.40. The summed E-state index contributed by atoms with van der Waals surface area (Å²) >= 11 is 1.54. The highest BCUT2D eigenvalue weighted by atomic mass is 32.1. The standard InChI is InChI=1S/C16H18N2O4S/c1-18(21-2)15(19)13-7-5-12(6-8-13)10-17-16(20)22-11-14-4-3-9-23-14/h3-9H,10-11H2,1-2H3,(H,17,20). The van der Waals surface area contributed by atoms with Crippen LogP contribution >= 0.6 is 11.3 Å². The van der Waals surface area contributed by atoms with E-state index in [9.17, 15) is 9.59 Å². The molecule has 1 aromatic carbocycles. The number of thiophene rings is 1. The molecule has 0 saturated heterocycles. The number of nitrogens with one attached hydrogen (secondary N) is 1. The third kappa shape index (κ3) is 5.08. The zero-order valence-electron chi connectivity index (χ0n) is 12.9. The molecule has 0 atom stereocenters. The van der Waals surface area contributed by atoms with Crippen molar-refractivity contribution in [3.8, 4) is 0 Å². The summed E-state index contributed by atoms with van der Waals surface area (Å²) < 4.78 is 5.10. The van der Waals surface area contributed by atoms with Crippen molar-refractivity contribution in [2.75, 3.05) is 14.2 Å². The fourth-order valence-electron chi connectivity index (χ4n) is 1.79. The van der Waals surface area contributed by atoms with Gasteiger partial charge in [-0.15, -0.1) is 11.3 Å². The molecule has 0 bridgehead atoms. The lowest BCUT2D eigenvalue weighted by molar-refractivity contribution is -0.0757. The summed E-state index contributed by atoms with van der Waals surface area (Å²) in [5.41, 5.74) is 1.38. The molecule has 0 unspecified atom stereocenters. The lowest BCUT2D eigenvalue weighted by Gasteiger charge is -2.13. The Kier molecular flexibility index (Phi) is 6.13. The number of ether oxygens (including phenoxy) is 1. The molecule has 2 amide bonds. The number of carbonyl (C=O) groups is 2. The van der Waals surface area contributed by atoms with Crippen molar-refractivity contribution in [3.05, 3.63) is 57.8 Å². The molecule has 0 saturated carbocycles. The van der Waals surface area contributed by atoms with E-state index in [-0.39, 0.29) is 12.5 Å². The molecule has 0 radical (unpaired) electrons. The molecule has 2 rings (SSSR count). The van der Waals surface area contributed by atoms with Crippen molar-refractivity contribution in [1.82, 2.24) is 10.4 Å². The highest BCUT2D eigenvalue weighted by molar-refractivity contribution is 7.09. The Bertz CT molecular complexity index is 641. The maximum atomic E-state index is 11.9. The Hall–Kier alpha value is -2.38. The topological polar surface area (TPSA) is 67.9 Å². The van der Waals surface area contributed by atoms with Crippen LogP contribution in [0, 0.1) is 0 Å². The predicted octanol–water partition coefficient (Wildman–Crippen LogP) is 2.81. The first-order valence-electron chi connectivity index (χ1n) is 6.94. The number of hydrogen-bond acceptors (Lipinski definition) is 5. The van der Waals surface area contributed by atoms with Crippen LogP contribution in [0.5, 0.6) is 0 Å². The number of hydrogen-bond donors (Lipinski definition) is 1.